The van der Waals surface area contributed by atoms with Crippen molar-refractivity contribution in [2.45, 2.75) is 40.0 Å². The van der Waals surface area contributed by atoms with Crippen LogP contribution in [0.15, 0.2) is 44.7 Å². The van der Waals surface area contributed by atoms with Gasteiger partial charge in [0.1, 0.15) is 5.25 Å². The normalized spacial score (nSPS) is 18.6. The number of nitrogens with one attached hydrogen (secondary N) is 1. The second-order valence-corrected chi connectivity index (χ2v) is 10.1. The lowest BCUT2D eigenvalue weighted by Crippen LogP contribution is -2.27. The van der Waals surface area contributed by atoms with Gasteiger partial charge in [0.15, 0.2) is 15.7 Å². The number of rotatable bonds is 6. The molecule has 0 bridgehead atoms. The number of hydrogen-bond donors (Lipinski definition) is 2. The largest absolute Gasteiger partial charge is 0.611 e. The zero-order chi connectivity index (χ0) is 18.8. The fourth-order valence-corrected chi connectivity index (χ4v) is 5.10. The molecule has 1 aliphatic carbocycles. The number of thiazole rings is 1. The average molecular weight is 421 g/mol. The molecule has 2 aliphatic rings. The van der Waals surface area contributed by atoms with Gasteiger partial charge in [-0.2, -0.15) is 5.10 Å². The van der Waals surface area contributed by atoms with E-state index in [0.717, 1.165) is 47.9 Å². The Balaban J connectivity index is 1.57. The maximum absolute atomic E-state index is 12.9. The topological polar surface area (TPSA) is 80.7 Å². The van der Waals surface area contributed by atoms with Gasteiger partial charge in [-0.1, -0.05) is 11.3 Å². The third-order valence-electron chi connectivity index (χ3n) is 4.44. The number of hydrazone groups is 1. The second-order valence-electron chi connectivity index (χ2n) is 6.59. The lowest BCUT2D eigenvalue weighted by atomic mass is 10.1. The predicted octanol–water partition coefficient (Wildman–Crippen LogP) is 3.14. The average Bonchev–Trinajstić information content (AvgIpc) is 3.24. The molecule has 4 rings (SSSR count). The summed E-state index contributed by atoms with van der Waals surface area (Å²) in [5.74, 6) is -0.305. The van der Waals surface area contributed by atoms with Crippen LogP contribution >= 0.6 is 24.0 Å². The molecular weight excluding hydrogens is 400 g/mol. The van der Waals surface area contributed by atoms with Gasteiger partial charge in [0.2, 0.25) is 0 Å². The quantitative estimate of drug-likeness (QED) is 0.427. The number of carbonyl (C=O) groups excluding carboxylic acids is 1. The highest BCUT2D eigenvalue weighted by molar-refractivity contribution is 7.92. The van der Waals surface area contributed by atoms with Crippen molar-refractivity contribution in [1.29, 1.82) is 0 Å². The molecule has 1 unspecified atom stereocenters. The molecule has 2 fully saturated rings. The molecule has 1 aliphatic heterocycles. The van der Waals surface area contributed by atoms with Crippen molar-refractivity contribution >= 4 is 51.9 Å². The molecular formula is C18H20N4O2S3. The Morgan fingerprint density at radius 3 is 2.59 bits per heavy atom. The van der Waals surface area contributed by atoms with Crippen LogP contribution in [0.25, 0.3) is 0 Å². The van der Waals surface area contributed by atoms with Crippen LogP contribution < -0.4 is 5.32 Å². The maximum atomic E-state index is 12.9. The number of amides is 1. The molecule has 2 heterocycles. The molecule has 1 aromatic carbocycles. The van der Waals surface area contributed by atoms with Gasteiger partial charge < -0.3 is 4.55 Å². The Hall–Kier alpha value is -1.55. The lowest BCUT2D eigenvalue weighted by molar-refractivity contribution is -0.110. The van der Waals surface area contributed by atoms with Crippen LogP contribution in [0.2, 0.25) is 0 Å². The minimum absolute atomic E-state index is 0.289. The molecule has 0 radical (unpaired) electrons. The van der Waals surface area contributed by atoms with E-state index in [2.05, 4.69) is 28.0 Å². The zero-order valence-corrected chi connectivity index (χ0v) is 17.2. The van der Waals surface area contributed by atoms with Crippen molar-refractivity contribution in [3.05, 3.63) is 36.0 Å². The first-order chi connectivity index (χ1) is 13.1. The summed E-state index contributed by atoms with van der Waals surface area (Å²) < 4.78 is 13.1. The van der Waals surface area contributed by atoms with Crippen molar-refractivity contribution < 1.29 is 9.35 Å². The highest BCUT2D eigenvalue weighted by Gasteiger charge is 2.35. The van der Waals surface area contributed by atoms with Crippen LogP contribution in [-0.2, 0) is 16.0 Å². The summed E-state index contributed by atoms with van der Waals surface area (Å²) in [7, 11) is 0. The molecule has 1 amide bonds. The van der Waals surface area contributed by atoms with Crippen LogP contribution in [-0.4, -0.2) is 44.5 Å². The van der Waals surface area contributed by atoms with Crippen molar-refractivity contribution in [2.24, 2.45) is 5.10 Å². The van der Waals surface area contributed by atoms with Crippen molar-refractivity contribution in [3.63, 3.8) is 0 Å². The molecule has 1 N–H and O–H groups in total. The van der Waals surface area contributed by atoms with E-state index in [1.54, 1.807) is 6.20 Å². The van der Waals surface area contributed by atoms with Crippen LogP contribution in [0, 0.1) is 0 Å². The minimum atomic E-state index is -0.957. The number of thiol groups is 1. The Labute approximate surface area is 170 Å². The molecule has 1 aromatic heterocycles. The summed E-state index contributed by atoms with van der Waals surface area (Å²) in [6.45, 7) is 1.69. The van der Waals surface area contributed by atoms with E-state index in [9.17, 15) is 9.35 Å². The lowest BCUT2D eigenvalue weighted by Gasteiger charge is -2.15. The van der Waals surface area contributed by atoms with Gasteiger partial charge in [0.25, 0.3) is 5.91 Å². The molecule has 27 heavy (non-hydrogen) atoms. The van der Waals surface area contributed by atoms with Gasteiger partial charge in [-0.3, -0.25) is 15.1 Å². The maximum Gasteiger partial charge on any atom is 0.278 e. The minimum Gasteiger partial charge on any atom is -0.611 e. The van der Waals surface area contributed by atoms with E-state index in [-0.39, 0.29) is 11.2 Å². The fourth-order valence-electron chi connectivity index (χ4n) is 2.88. The Kier molecular flexibility index (Phi) is 5.72. The van der Waals surface area contributed by atoms with E-state index >= 15 is 0 Å². The van der Waals surface area contributed by atoms with Crippen LogP contribution in [0.4, 0.5) is 5.13 Å². The molecule has 9 heteroatoms. The van der Waals surface area contributed by atoms with Crippen LogP contribution in [0.3, 0.4) is 0 Å². The Morgan fingerprint density at radius 2 is 2.00 bits per heavy atom. The van der Waals surface area contributed by atoms with Gasteiger partial charge in [-0.15, -0.1) is 12.6 Å². The van der Waals surface area contributed by atoms with Crippen molar-refractivity contribution in [1.82, 2.24) is 9.99 Å². The summed E-state index contributed by atoms with van der Waals surface area (Å²) in [4.78, 5) is 17.8. The number of aromatic nitrogens is 1. The Morgan fingerprint density at radius 1 is 1.30 bits per heavy atom. The van der Waals surface area contributed by atoms with Crippen molar-refractivity contribution in [3.8, 4) is 0 Å². The number of hydrogen-bond acceptors (Lipinski definition) is 7. The number of nitrogens with zero attached hydrogens (tertiary/aromatic N) is 3. The predicted molar refractivity (Wildman–Crippen MR) is 111 cm³/mol. The number of carbonyl (C=O) groups is 1. The molecule has 6 nitrogen and oxygen atoms in total. The van der Waals surface area contributed by atoms with Gasteiger partial charge >= 0.3 is 0 Å². The molecule has 2 aromatic rings. The monoisotopic (exact) mass is 420 g/mol. The summed E-state index contributed by atoms with van der Waals surface area (Å²) in [5, 5.41) is 10.1. The zero-order valence-electron chi connectivity index (χ0n) is 14.6. The van der Waals surface area contributed by atoms with Crippen LogP contribution in [0.5, 0.6) is 0 Å². The molecule has 142 valence electrons. The first kappa shape index (κ1) is 18.8. The summed E-state index contributed by atoms with van der Waals surface area (Å²) in [6, 6.07) is 7.34. The van der Waals surface area contributed by atoms with Gasteiger partial charge in [-0.25, -0.2) is 4.98 Å². The van der Waals surface area contributed by atoms with Crippen molar-refractivity contribution in [2.75, 3.05) is 18.4 Å². The third-order valence-corrected chi connectivity index (χ3v) is 7.36. The SMILES string of the molecule is O=C(Nc1ncc(S)s1)/C(=N/N1CCCC1)c1ccc([S+]([O-])C2CC2)cc1. The Bertz CT molecular complexity index is 843. The summed E-state index contributed by atoms with van der Waals surface area (Å²) >= 11 is 4.58. The fraction of sp³-hybridized carbons (Fsp3) is 0.389. The van der Waals surface area contributed by atoms with Gasteiger partial charge in [0, 0.05) is 31.5 Å². The van der Waals surface area contributed by atoms with E-state index in [0.29, 0.717) is 16.4 Å². The standard InChI is InChI=1S/C18H20N4O2S3/c23-17(20-18-19-11-15(25)26-18)16(21-22-9-1-2-10-22)12-3-5-13(6-4-12)27(24)14-7-8-14/h3-6,11,14,25H,1-2,7-10H2,(H,19,20,23)/b21-16+. The van der Waals surface area contributed by atoms with Gasteiger partial charge in [-0.05, 0) is 48.3 Å². The third kappa shape index (κ3) is 4.66. The van der Waals surface area contributed by atoms with E-state index in [1.807, 2.05) is 29.3 Å². The number of benzene rings is 1. The molecule has 1 saturated carbocycles. The first-order valence-corrected chi connectivity index (χ1v) is 11.4. The number of anilines is 1. The van der Waals surface area contributed by atoms with E-state index < -0.39 is 11.2 Å². The smallest absolute Gasteiger partial charge is 0.278 e. The van der Waals surface area contributed by atoms with E-state index in [1.165, 1.54) is 11.3 Å². The van der Waals surface area contributed by atoms with Gasteiger partial charge in [0.05, 0.1) is 10.4 Å². The highest BCUT2D eigenvalue weighted by Crippen LogP contribution is 2.33. The highest BCUT2D eigenvalue weighted by atomic mass is 32.2. The molecule has 0 spiro atoms. The second kappa shape index (κ2) is 8.22. The first-order valence-electron chi connectivity index (χ1n) is 8.91. The molecule has 1 atom stereocenters. The van der Waals surface area contributed by atoms with E-state index in [4.69, 9.17) is 0 Å². The van der Waals surface area contributed by atoms with Crippen LogP contribution in [0.1, 0.15) is 31.2 Å². The molecule has 1 saturated heterocycles. The summed E-state index contributed by atoms with van der Waals surface area (Å²) in [5.41, 5.74) is 1.05. The summed E-state index contributed by atoms with van der Waals surface area (Å²) in [6.07, 6.45) is 5.81.